The SMILES string of the molecule is COc1ncc(Br)cc1NN(C(=O)OC(C)(C)C)C(C)C(=O)c1ccccc1. The first-order chi connectivity index (χ1) is 13.1. The molecule has 7 nitrogen and oxygen atoms in total. The largest absolute Gasteiger partial charge is 0.479 e. The number of carbonyl (C=O) groups is 2. The van der Waals surface area contributed by atoms with Gasteiger partial charge in [0.2, 0.25) is 5.88 Å². The molecule has 2 aromatic rings. The van der Waals surface area contributed by atoms with Gasteiger partial charge in [0.25, 0.3) is 0 Å². The Morgan fingerprint density at radius 3 is 2.43 bits per heavy atom. The Kier molecular flexibility index (Phi) is 7.01. The van der Waals surface area contributed by atoms with E-state index in [1.807, 2.05) is 6.07 Å². The number of carbonyl (C=O) groups excluding carboxylic acids is 2. The number of benzene rings is 1. The van der Waals surface area contributed by atoms with Gasteiger partial charge in [-0.05, 0) is 49.7 Å². The summed E-state index contributed by atoms with van der Waals surface area (Å²) in [5.41, 5.74) is 3.11. The van der Waals surface area contributed by atoms with Gasteiger partial charge < -0.3 is 9.47 Å². The van der Waals surface area contributed by atoms with Crippen LogP contribution in [0.15, 0.2) is 47.1 Å². The Labute approximate surface area is 173 Å². The highest BCUT2D eigenvalue weighted by Crippen LogP contribution is 2.27. The van der Waals surface area contributed by atoms with Gasteiger partial charge in [0, 0.05) is 16.2 Å². The van der Waals surface area contributed by atoms with Crippen molar-refractivity contribution in [2.75, 3.05) is 12.5 Å². The van der Waals surface area contributed by atoms with Gasteiger partial charge in [-0.3, -0.25) is 10.2 Å². The van der Waals surface area contributed by atoms with Crippen molar-refractivity contribution >= 4 is 33.5 Å². The first kappa shape index (κ1) is 21.7. The van der Waals surface area contributed by atoms with E-state index < -0.39 is 17.7 Å². The molecular weight excluding hydrogens is 426 g/mol. The van der Waals surface area contributed by atoms with Crippen LogP contribution in [0.25, 0.3) is 0 Å². The number of methoxy groups -OCH3 is 1. The number of pyridine rings is 1. The summed E-state index contributed by atoms with van der Waals surface area (Å²) in [6.07, 6.45) is 0.881. The molecular formula is C20H24BrN3O4. The van der Waals surface area contributed by atoms with Crippen molar-refractivity contribution in [2.24, 2.45) is 0 Å². The third-order valence-electron chi connectivity index (χ3n) is 3.67. The molecule has 8 heteroatoms. The molecule has 0 spiro atoms. The van der Waals surface area contributed by atoms with Gasteiger partial charge in [-0.25, -0.2) is 14.8 Å². The van der Waals surface area contributed by atoms with Crippen molar-refractivity contribution in [3.8, 4) is 5.88 Å². The van der Waals surface area contributed by atoms with E-state index in [1.54, 1.807) is 64.2 Å². The van der Waals surface area contributed by atoms with Gasteiger partial charge in [0.1, 0.15) is 17.3 Å². The predicted molar refractivity (Wildman–Crippen MR) is 110 cm³/mol. The van der Waals surface area contributed by atoms with E-state index >= 15 is 0 Å². The van der Waals surface area contributed by atoms with E-state index in [9.17, 15) is 9.59 Å². The van der Waals surface area contributed by atoms with Crippen molar-refractivity contribution in [3.05, 3.63) is 52.6 Å². The second kappa shape index (κ2) is 9.05. The van der Waals surface area contributed by atoms with Gasteiger partial charge in [-0.1, -0.05) is 30.3 Å². The number of hydrogen-bond donors (Lipinski definition) is 1. The Hall–Kier alpha value is -2.61. The maximum Gasteiger partial charge on any atom is 0.429 e. The van der Waals surface area contributed by atoms with E-state index in [4.69, 9.17) is 9.47 Å². The molecule has 150 valence electrons. The Morgan fingerprint density at radius 2 is 1.86 bits per heavy atom. The van der Waals surface area contributed by atoms with E-state index in [0.29, 0.717) is 15.7 Å². The van der Waals surface area contributed by atoms with Crippen LogP contribution in [0, 0.1) is 0 Å². The quantitative estimate of drug-likeness (QED) is 0.508. The highest BCUT2D eigenvalue weighted by Gasteiger charge is 2.31. The van der Waals surface area contributed by atoms with Crippen molar-refractivity contribution in [1.82, 2.24) is 9.99 Å². The number of ketones is 1. The lowest BCUT2D eigenvalue weighted by Gasteiger charge is -2.32. The summed E-state index contributed by atoms with van der Waals surface area (Å²) in [7, 11) is 1.47. The molecule has 1 atom stereocenters. The van der Waals surface area contributed by atoms with Gasteiger partial charge in [-0.2, -0.15) is 0 Å². The van der Waals surface area contributed by atoms with Crippen LogP contribution in [-0.4, -0.2) is 40.6 Å². The molecule has 1 amide bonds. The van der Waals surface area contributed by atoms with Crippen molar-refractivity contribution in [3.63, 3.8) is 0 Å². The second-order valence-electron chi connectivity index (χ2n) is 7.08. The number of amides is 1. The fourth-order valence-corrected chi connectivity index (χ4v) is 2.70. The third-order valence-corrected chi connectivity index (χ3v) is 4.10. The zero-order valence-corrected chi connectivity index (χ0v) is 18.1. The number of aromatic nitrogens is 1. The van der Waals surface area contributed by atoms with Crippen molar-refractivity contribution < 1.29 is 19.1 Å². The summed E-state index contributed by atoms with van der Waals surface area (Å²) in [6.45, 7) is 6.90. The molecule has 1 N–H and O–H groups in total. The molecule has 0 bridgehead atoms. The smallest absolute Gasteiger partial charge is 0.429 e. The molecule has 0 fully saturated rings. The number of halogens is 1. The standard InChI is InChI=1S/C20H24BrN3O4/c1-13(17(25)14-9-7-6-8-10-14)24(19(26)28-20(2,3)4)23-16-11-15(21)12-22-18(16)27-5/h6-13,23H,1-5H3. The summed E-state index contributed by atoms with van der Waals surface area (Å²) < 4.78 is 11.4. The monoisotopic (exact) mass is 449 g/mol. The zero-order chi connectivity index (χ0) is 20.9. The summed E-state index contributed by atoms with van der Waals surface area (Å²) in [5, 5.41) is 1.15. The number of hydrazine groups is 1. The minimum absolute atomic E-state index is 0.235. The third kappa shape index (κ3) is 5.69. The summed E-state index contributed by atoms with van der Waals surface area (Å²) in [5.74, 6) is 0.0389. The van der Waals surface area contributed by atoms with Crippen LogP contribution < -0.4 is 10.2 Å². The average Bonchev–Trinajstić information content (AvgIpc) is 2.64. The second-order valence-corrected chi connectivity index (χ2v) is 7.99. The average molecular weight is 450 g/mol. The fourth-order valence-electron chi connectivity index (χ4n) is 2.37. The molecule has 1 heterocycles. The van der Waals surface area contributed by atoms with Gasteiger partial charge in [0.05, 0.1) is 7.11 Å². The first-order valence-corrected chi connectivity index (χ1v) is 9.49. The molecule has 2 rings (SSSR count). The topological polar surface area (TPSA) is 80.8 Å². The van der Waals surface area contributed by atoms with E-state index in [0.717, 1.165) is 5.01 Å². The van der Waals surface area contributed by atoms with Gasteiger partial charge >= 0.3 is 6.09 Å². The Bertz CT molecular complexity index is 837. The number of anilines is 1. The molecule has 1 aromatic heterocycles. The maximum atomic E-state index is 12.9. The molecule has 28 heavy (non-hydrogen) atoms. The van der Waals surface area contributed by atoms with Crippen LogP contribution in [0.1, 0.15) is 38.1 Å². The fraction of sp³-hybridized carbons (Fsp3) is 0.350. The van der Waals surface area contributed by atoms with Crippen LogP contribution >= 0.6 is 15.9 Å². The van der Waals surface area contributed by atoms with E-state index in [-0.39, 0.29) is 11.7 Å². The van der Waals surface area contributed by atoms with Crippen LogP contribution in [0.4, 0.5) is 10.5 Å². The molecule has 0 aliphatic carbocycles. The number of nitrogens with zero attached hydrogens (tertiary/aromatic N) is 2. The highest BCUT2D eigenvalue weighted by atomic mass is 79.9. The molecule has 1 aromatic carbocycles. The molecule has 0 saturated heterocycles. The molecule has 1 unspecified atom stereocenters. The number of rotatable bonds is 6. The number of ether oxygens (including phenoxy) is 2. The van der Waals surface area contributed by atoms with E-state index in [2.05, 4.69) is 26.3 Å². The molecule has 0 saturated carbocycles. The molecule has 0 aliphatic rings. The minimum atomic E-state index is -0.846. The van der Waals surface area contributed by atoms with Gasteiger partial charge in [0.15, 0.2) is 5.78 Å². The predicted octanol–water partition coefficient (Wildman–Crippen LogP) is 4.69. The van der Waals surface area contributed by atoms with Crippen LogP contribution in [0.5, 0.6) is 5.88 Å². The molecule has 0 radical (unpaired) electrons. The Morgan fingerprint density at radius 1 is 1.21 bits per heavy atom. The lowest BCUT2D eigenvalue weighted by atomic mass is 10.1. The molecule has 0 aliphatic heterocycles. The van der Waals surface area contributed by atoms with Gasteiger partial charge in [-0.15, -0.1) is 0 Å². The van der Waals surface area contributed by atoms with Crippen molar-refractivity contribution in [2.45, 2.75) is 39.3 Å². The lowest BCUT2D eigenvalue weighted by Crippen LogP contribution is -2.49. The Balaban J connectivity index is 2.38. The minimum Gasteiger partial charge on any atom is -0.479 e. The highest BCUT2D eigenvalue weighted by molar-refractivity contribution is 9.10. The number of hydrogen-bond acceptors (Lipinski definition) is 6. The first-order valence-electron chi connectivity index (χ1n) is 8.70. The van der Waals surface area contributed by atoms with E-state index in [1.165, 1.54) is 7.11 Å². The maximum absolute atomic E-state index is 12.9. The summed E-state index contributed by atoms with van der Waals surface area (Å²) >= 11 is 3.34. The zero-order valence-electron chi connectivity index (χ0n) is 16.5. The lowest BCUT2D eigenvalue weighted by molar-refractivity contribution is 0.0228. The van der Waals surface area contributed by atoms with Crippen molar-refractivity contribution in [1.29, 1.82) is 0 Å². The normalized spacial score (nSPS) is 12.1. The van der Waals surface area contributed by atoms with Crippen LogP contribution in [0.3, 0.4) is 0 Å². The van der Waals surface area contributed by atoms with Crippen LogP contribution in [-0.2, 0) is 4.74 Å². The number of nitrogens with one attached hydrogen (secondary N) is 1. The van der Waals surface area contributed by atoms with Crippen LogP contribution in [0.2, 0.25) is 0 Å². The summed E-state index contributed by atoms with van der Waals surface area (Å²) in [6, 6.07) is 9.62. The number of Topliss-reactive ketones (excluding diaryl/α,β-unsaturated/α-hetero) is 1. The summed E-state index contributed by atoms with van der Waals surface area (Å²) in [4.78, 5) is 29.9.